The van der Waals surface area contributed by atoms with Crippen molar-refractivity contribution < 1.29 is 18.6 Å². The van der Waals surface area contributed by atoms with Crippen LogP contribution in [0.5, 0.6) is 0 Å². The van der Waals surface area contributed by atoms with E-state index in [1.807, 2.05) is 0 Å². The van der Waals surface area contributed by atoms with Gasteiger partial charge in [0.2, 0.25) is 0 Å². The highest BCUT2D eigenvalue weighted by molar-refractivity contribution is 5.81. The molecule has 3 rings (SSSR count). The van der Waals surface area contributed by atoms with E-state index in [2.05, 4.69) is 15.0 Å². The van der Waals surface area contributed by atoms with Gasteiger partial charge >= 0.3 is 0 Å². The number of aromatic nitrogens is 4. The third-order valence-corrected chi connectivity index (χ3v) is 3.08. The summed E-state index contributed by atoms with van der Waals surface area (Å²) in [7, 11) is 0. The number of ether oxygens (including phenoxy) is 1. The number of aliphatic hydroxyl groups is 1. The number of nitrogens with zero attached hydrogens (tertiary/aromatic N) is 4. The van der Waals surface area contributed by atoms with E-state index in [4.69, 9.17) is 10.5 Å². The van der Waals surface area contributed by atoms with Gasteiger partial charge in [0.05, 0.1) is 12.4 Å². The maximum atomic E-state index is 12.6. The molecule has 102 valence electrons. The number of hydrogen-bond donors (Lipinski definition) is 2. The van der Waals surface area contributed by atoms with Crippen LogP contribution in [-0.4, -0.2) is 43.3 Å². The van der Waals surface area contributed by atoms with Crippen molar-refractivity contribution in [3.8, 4) is 0 Å². The van der Waals surface area contributed by atoms with Gasteiger partial charge < -0.3 is 15.6 Å². The smallest absolute Gasteiger partial charge is 0.266 e. The SMILES string of the molecule is Nc1ncnc2c1ncn2[C@H]1CC(O)[C@@H](C(F)F)O1. The number of rotatable bonds is 2. The number of nitrogens with two attached hydrogens (primary N) is 1. The Hall–Kier alpha value is -1.87. The largest absolute Gasteiger partial charge is 0.390 e. The van der Waals surface area contributed by atoms with Gasteiger partial charge in [0.1, 0.15) is 24.2 Å². The molecule has 1 unspecified atom stereocenters. The molecule has 1 fully saturated rings. The minimum absolute atomic E-state index is 0.0460. The van der Waals surface area contributed by atoms with Gasteiger partial charge in [0, 0.05) is 6.42 Å². The Bertz CT molecular complexity index is 605. The molecule has 2 aromatic rings. The summed E-state index contributed by atoms with van der Waals surface area (Å²) in [5, 5.41) is 9.56. The van der Waals surface area contributed by atoms with E-state index < -0.39 is 24.9 Å². The van der Waals surface area contributed by atoms with Crippen LogP contribution < -0.4 is 5.73 Å². The Balaban J connectivity index is 1.96. The van der Waals surface area contributed by atoms with E-state index in [1.165, 1.54) is 17.2 Å². The molecule has 1 saturated heterocycles. The van der Waals surface area contributed by atoms with Crippen molar-refractivity contribution in [2.24, 2.45) is 0 Å². The number of fused-ring (bicyclic) bond motifs is 1. The molecule has 3 atom stereocenters. The monoisotopic (exact) mass is 271 g/mol. The van der Waals surface area contributed by atoms with Gasteiger partial charge in [-0.15, -0.1) is 0 Å². The maximum absolute atomic E-state index is 12.6. The van der Waals surface area contributed by atoms with Gasteiger partial charge in [-0.2, -0.15) is 0 Å². The molecule has 0 aliphatic carbocycles. The highest BCUT2D eigenvalue weighted by Gasteiger charge is 2.41. The van der Waals surface area contributed by atoms with Crippen LogP contribution in [0, 0.1) is 0 Å². The summed E-state index contributed by atoms with van der Waals surface area (Å²) in [5.41, 5.74) is 6.40. The van der Waals surface area contributed by atoms with E-state index in [-0.39, 0.29) is 12.2 Å². The van der Waals surface area contributed by atoms with Crippen LogP contribution in [0.15, 0.2) is 12.7 Å². The number of anilines is 1. The standard InChI is InChI=1S/C10H11F2N5O2/c11-8(12)7-4(18)1-5(19-7)17-3-16-6-9(13)14-2-15-10(6)17/h2-5,7-8,18H,1H2,(H2,13,14,15)/t4?,5-,7+/m1/s1. The van der Waals surface area contributed by atoms with Crippen molar-refractivity contribution in [2.75, 3.05) is 5.73 Å². The van der Waals surface area contributed by atoms with Crippen molar-refractivity contribution in [3.63, 3.8) is 0 Å². The molecular formula is C10H11F2N5O2. The summed E-state index contributed by atoms with van der Waals surface area (Å²) in [4.78, 5) is 11.8. The van der Waals surface area contributed by atoms with Gasteiger partial charge in [0.25, 0.3) is 6.43 Å². The van der Waals surface area contributed by atoms with Gasteiger partial charge in [-0.3, -0.25) is 4.57 Å². The normalized spacial score (nSPS) is 27.5. The number of halogens is 2. The topological polar surface area (TPSA) is 99.1 Å². The Morgan fingerprint density at radius 2 is 2.21 bits per heavy atom. The van der Waals surface area contributed by atoms with E-state index >= 15 is 0 Å². The average molecular weight is 271 g/mol. The molecule has 2 aromatic heterocycles. The highest BCUT2D eigenvalue weighted by Crippen LogP contribution is 2.33. The first-order chi connectivity index (χ1) is 9.08. The van der Waals surface area contributed by atoms with Crippen LogP contribution in [-0.2, 0) is 4.74 Å². The predicted octanol–water partition coefficient (Wildman–Crippen LogP) is 0.322. The Labute approximate surface area is 106 Å². The van der Waals surface area contributed by atoms with Gasteiger partial charge in [-0.1, -0.05) is 0 Å². The molecule has 0 bridgehead atoms. The molecule has 1 aliphatic heterocycles. The predicted molar refractivity (Wildman–Crippen MR) is 60.3 cm³/mol. The van der Waals surface area contributed by atoms with Crippen LogP contribution in [0.25, 0.3) is 11.2 Å². The van der Waals surface area contributed by atoms with Gasteiger partial charge in [-0.25, -0.2) is 23.7 Å². The summed E-state index contributed by atoms with van der Waals surface area (Å²) in [6.07, 6.45) is -3.51. The molecule has 9 heteroatoms. The first-order valence-electron chi connectivity index (χ1n) is 5.62. The number of aliphatic hydroxyl groups excluding tert-OH is 1. The molecule has 0 radical (unpaired) electrons. The first-order valence-corrected chi connectivity index (χ1v) is 5.62. The number of alkyl halides is 2. The molecule has 3 N–H and O–H groups in total. The molecule has 7 nitrogen and oxygen atoms in total. The lowest BCUT2D eigenvalue weighted by molar-refractivity contribution is -0.0956. The molecule has 1 aliphatic rings. The number of hydrogen-bond acceptors (Lipinski definition) is 6. The Morgan fingerprint density at radius 1 is 1.42 bits per heavy atom. The lowest BCUT2D eigenvalue weighted by Crippen LogP contribution is -2.28. The zero-order valence-electron chi connectivity index (χ0n) is 9.65. The third-order valence-electron chi connectivity index (χ3n) is 3.08. The zero-order chi connectivity index (χ0) is 13.6. The summed E-state index contributed by atoms with van der Waals surface area (Å²) in [5.74, 6) is 0.202. The van der Waals surface area contributed by atoms with E-state index in [0.29, 0.717) is 11.2 Å². The lowest BCUT2D eigenvalue weighted by Gasteiger charge is -2.14. The van der Waals surface area contributed by atoms with Crippen LogP contribution in [0.3, 0.4) is 0 Å². The third kappa shape index (κ3) is 1.90. The Morgan fingerprint density at radius 3 is 2.89 bits per heavy atom. The number of imidazole rings is 1. The van der Waals surface area contributed by atoms with Crippen molar-refractivity contribution >= 4 is 17.0 Å². The second-order valence-electron chi connectivity index (χ2n) is 4.28. The van der Waals surface area contributed by atoms with Crippen LogP contribution in [0.1, 0.15) is 12.6 Å². The maximum Gasteiger partial charge on any atom is 0.266 e. The molecular weight excluding hydrogens is 260 g/mol. The van der Waals surface area contributed by atoms with E-state index in [0.717, 1.165) is 0 Å². The van der Waals surface area contributed by atoms with Crippen LogP contribution >= 0.6 is 0 Å². The van der Waals surface area contributed by atoms with Crippen LogP contribution in [0.2, 0.25) is 0 Å². The van der Waals surface area contributed by atoms with Gasteiger partial charge in [0.15, 0.2) is 11.5 Å². The van der Waals surface area contributed by atoms with Crippen LogP contribution in [0.4, 0.5) is 14.6 Å². The zero-order valence-corrected chi connectivity index (χ0v) is 9.65. The summed E-state index contributed by atoms with van der Waals surface area (Å²) < 4.78 is 31.9. The quantitative estimate of drug-likeness (QED) is 0.816. The first kappa shape index (κ1) is 12.2. The number of nitrogen functional groups attached to an aromatic ring is 1. The minimum atomic E-state index is -2.74. The van der Waals surface area contributed by atoms with Crippen molar-refractivity contribution in [3.05, 3.63) is 12.7 Å². The second-order valence-corrected chi connectivity index (χ2v) is 4.28. The average Bonchev–Trinajstić information content (AvgIpc) is 2.93. The Kier molecular flexibility index (Phi) is 2.79. The van der Waals surface area contributed by atoms with Crippen molar-refractivity contribution in [1.29, 1.82) is 0 Å². The molecule has 19 heavy (non-hydrogen) atoms. The molecule has 0 amide bonds. The van der Waals surface area contributed by atoms with Crippen molar-refractivity contribution in [1.82, 2.24) is 19.5 Å². The second kappa shape index (κ2) is 4.35. The fourth-order valence-corrected chi connectivity index (χ4v) is 2.16. The summed E-state index contributed by atoms with van der Waals surface area (Å²) >= 11 is 0. The molecule has 0 aromatic carbocycles. The fraction of sp³-hybridized carbons (Fsp3) is 0.500. The van der Waals surface area contributed by atoms with E-state index in [1.54, 1.807) is 0 Å². The van der Waals surface area contributed by atoms with E-state index in [9.17, 15) is 13.9 Å². The molecule has 3 heterocycles. The minimum Gasteiger partial charge on any atom is -0.390 e. The summed E-state index contributed by atoms with van der Waals surface area (Å²) in [6.45, 7) is 0. The summed E-state index contributed by atoms with van der Waals surface area (Å²) in [6, 6.07) is 0. The fourth-order valence-electron chi connectivity index (χ4n) is 2.16. The highest BCUT2D eigenvalue weighted by atomic mass is 19.3. The van der Waals surface area contributed by atoms with Crippen molar-refractivity contribution in [2.45, 2.75) is 31.3 Å². The van der Waals surface area contributed by atoms with Gasteiger partial charge in [-0.05, 0) is 0 Å². The lowest BCUT2D eigenvalue weighted by atomic mass is 10.2. The molecule has 0 spiro atoms. The molecule has 0 saturated carbocycles.